The third-order valence-corrected chi connectivity index (χ3v) is 3.05. The van der Waals surface area contributed by atoms with Gasteiger partial charge in [-0.15, -0.1) is 0 Å². The molecule has 0 saturated heterocycles. The van der Waals surface area contributed by atoms with E-state index in [-0.39, 0.29) is 16.9 Å². The van der Waals surface area contributed by atoms with Crippen LogP contribution in [0.15, 0.2) is 59.4 Å². The number of nitrogens with zero attached hydrogens (tertiary/aromatic N) is 1. The van der Waals surface area contributed by atoms with E-state index in [1.54, 1.807) is 42.5 Å². The SMILES string of the molecule is Nc1cccc(-c2cc(=O)[nH]c(-c3ccccc3F)n2)c1. The molecule has 104 valence electrons. The summed E-state index contributed by atoms with van der Waals surface area (Å²) in [6, 6.07) is 14.5. The summed E-state index contributed by atoms with van der Waals surface area (Å²) in [4.78, 5) is 18.7. The molecule has 0 aliphatic rings. The summed E-state index contributed by atoms with van der Waals surface area (Å²) in [6.45, 7) is 0. The van der Waals surface area contributed by atoms with Crippen molar-refractivity contribution >= 4 is 5.69 Å². The highest BCUT2D eigenvalue weighted by Crippen LogP contribution is 2.22. The zero-order valence-electron chi connectivity index (χ0n) is 11.0. The molecule has 0 aliphatic carbocycles. The van der Waals surface area contributed by atoms with Gasteiger partial charge in [-0.2, -0.15) is 0 Å². The maximum Gasteiger partial charge on any atom is 0.251 e. The fraction of sp³-hybridized carbons (Fsp3) is 0. The first kappa shape index (κ1) is 13.1. The highest BCUT2D eigenvalue weighted by atomic mass is 19.1. The zero-order valence-corrected chi connectivity index (χ0v) is 11.0. The van der Waals surface area contributed by atoms with E-state index in [1.807, 2.05) is 0 Å². The van der Waals surface area contributed by atoms with Gasteiger partial charge in [-0.3, -0.25) is 4.79 Å². The molecule has 1 aromatic heterocycles. The second kappa shape index (κ2) is 5.20. The molecule has 0 amide bonds. The monoisotopic (exact) mass is 281 g/mol. The molecular formula is C16H12FN3O. The average molecular weight is 281 g/mol. The molecule has 3 aromatic rings. The summed E-state index contributed by atoms with van der Waals surface area (Å²) in [5, 5.41) is 0. The summed E-state index contributed by atoms with van der Waals surface area (Å²) < 4.78 is 13.8. The molecule has 0 unspecified atom stereocenters. The van der Waals surface area contributed by atoms with E-state index in [9.17, 15) is 9.18 Å². The van der Waals surface area contributed by atoms with Crippen molar-refractivity contribution in [3.63, 3.8) is 0 Å². The minimum Gasteiger partial charge on any atom is -0.399 e. The number of rotatable bonds is 2. The molecule has 3 rings (SSSR count). The summed E-state index contributed by atoms with van der Waals surface area (Å²) in [5.41, 5.74) is 7.36. The lowest BCUT2D eigenvalue weighted by Gasteiger charge is -2.06. The van der Waals surface area contributed by atoms with Gasteiger partial charge in [-0.05, 0) is 24.3 Å². The number of halogens is 1. The number of hydrogen-bond acceptors (Lipinski definition) is 3. The number of H-pyrrole nitrogens is 1. The zero-order chi connectivity index (χ0) is 14.8. The fourth-order valence-electron chi connectivity index (χ4n) is 2.08. The van der Waals surface area contributed by atoms with Crippen LogP contribution in [0.2, 0.25) is 0 Å². The largest absolute Gasteiger partial charge is 0.399 e. The minimum absolute atomic E-state index is 0.193. The lowest BCUT2D eigenvalue weighted by Crippen LogP contribution is -2.09. The molecule has 0 spiro atoms. The van der Waals surface area contributed by atoms with Gasteiger partial charge < -0.3 is 10.7 Å². The predicted octanol–water partition coefficient (Wildman–Crippen LogP) is 2.83. The van der Waals surface area contributed by atoms with E-state index in [2.05, 4.69) is 9.97 Å². The van der Waals surface area contributed by atoms with Gasteiger partial charge in [0.2, 0.25) is 0 Å². The van der Waals surface area contributed by atoms with E-state index >= 15 is 0 Å². The van der Waals surface area contributed by atoms with Crippen molar-refractivity contribution in [2.75, 3.05) is 5.73 Å². The second-order valence-electron chi connectivity index (χ2n) is 4.58. The van der Waals surface area contributed by atoms with Crippen LogP contribution < -0.4 is 11.3 Å². The maximum atomic E-state index is 13.8. The molecular weight excluding hydrogens is 269 g/mol. The molecule has 21 heavy (non-hydrogen) atoms. The Labute approximate surface area is 120 Å². The summed E-state index contributed by atoms with van der Waals surface area (Å²) in [6.07, 6.45) is 0. The Morgan fingerprint density at radius 3 is 2.62 bits per heavy atom. The molecule has 4 nitrogen and oxygen atoms in total. The van der Waals surface area contributed by atoms with Gasteiger partial charge >= 0.3 is 0 Å². The van der Waals surface area contributed by atoms with Crippen molar-refractivity contribution < 1.29 is 4.39 Å². The van der Waals surface area contributed by atoms with Crippen LogP contribution in [0.3, 0.4) is 0 Å². The van der Waals surface area contributed by atoms with Crippen LogP contribution in [0, 0.1) is 5.82 Å². The highest BCUT2D eigenvalue weighted by molar-refractivity contribution is 5.66. The van der Waals surface area contributed by atoms with Crippen LogP contribution in [0.1, 0.15) is 0 Å². The van der Waals surface area contributed by atoms with Crippen molar-refractivity contribution in [3.8, 4) is 22.6 Å². The molecule has 3 N–H and O–H groups in total. The first-order valence-electron chi connectivity index (χ1n) is 6.36. The molecule has 0 atom stereocenters. The predicted molar refractivity (Wildman–Crippen MR) is 80.1 cm³/mol. The Balaban J connectivity index is 2.18. The molecule has 0 aliphatic heterocycles. The van der Waals surface area contributed by atoms with Gasteiger partial charge in [0.1, 0.15) is 11.6 Å². The van der Waals surface area contributed by atoms with E-state index in [4.69, 9.17) is 5.73 Å². The molecule has 2 aromatic carbocycles. The van der Waals surface area contributed by atoms with Crippen LogP contribution in [0.4, 0.5) is 10.1 Å². The summed E-state index contributed by atoms with van der Waals surface area (Å²) in [5.74, 6) is -0.247. The Bertz CT molecular complexity index is 858. The van der Waals surface area contributed by atoms with Crippen molar-refractivity contribution in [1.29, 1.82) is 0 Å². The van der Waals surface area contributed by atoms with Crippen molar-refractivity contribution in [3.05, 3.63) is 70.8 Å². The number of nitrogens with one attached hydrogen (secondary N) is 1. The Hall–Kier alpha value is -2.95. The Morgan fingerprint density at radius 2 is 1.86 bits per heavy atom. The van der Waals surface area contributed by atoms with Crippen LogP contribution in [0.25, 0.3) is 22.6 Å². The van der Waals surface area contributed by atoms with Gasteiger partial charge in [0.25, 0.3) is 5.56 Å². The second-order valence-corrected chi connectivity index (χ2v) is 4.58. The topological polar surface area (TPSA) is 71.8 Å². The van der Waals surface area contributed by atoms with Crippen molar-refractivity contribution in [1.82, 2.24) is 9.97 Å². The van der Waals surface area contributed by atoms with Gasteiger partial charge in [0, 0.05) is 17.3 Å². The van der Waals surface area contributed by atoms with Crippen LogP contribution in [0.5, 0.6) is 0 Å². The summed E-state index contributed by atoms with van der Waals surface area (Å²) >= 11 is 0. The molecule has 5 heteroatoms. The van der Waals surface area contributed by atoms with Crippen molar-refractivity contribution in [2.45, 2.75) is 0 Å². The molecule has 0 saturated carbocycles. The number of hydrogen-bond donors (Lipinski definition) is 2. The number of benzene rings is 2. The van der Waals surface area contributed by atoms with Crippen LogP contribution in [-0.4, -0.2) is 9.97 Å². The first-order chi connectivity index (χ1) is 10.1. The third-order valence-electron chi connectivity index (χ3n) is 3.05. The highest BCUT2D eigenvalue weighted by Gasteiger charge is 2.09. The van der Waals surface area contributed by atoms with Crippen LogP contribution >= 0.6 is 0 Å². The Morgan fingerprint density at radius 1 is 1.05 bits per heavy atom. The Kier molecular flexibility index (Phi) is 3.23. The molecule has 0 fully saturated rings. The normalized spacial score (nSPS) is 10.5. The van der Waals surface area contributed by atoms with Gasteiger partial charge in [-0.25, -0.2) is 9.37 Å². The van der Waals surface area contributed by atoms with E-state index in [0.29, 0.717) is 16.9 Å². The molecule has 0 bridgehead atoms. The van der Waals surface area contributed by atoms with Crippen LogP contribution in [-0.2, 0) is 0 Å². The summed E-state index contributed by atoms with van der Waals surface area (Å²) in [7, 11) is 0. The molecule has 1 heterocycles. The smallest absolute Gasteiger partial charge is 0.251 e. The lowest BCUT2D eigenvalue weighted by atomic mass is 10.1. The van der Waals surface area contributed by atoms with Gasteiger partial charge in [0.05, 0.1) is 11.3 Å². The third kappa shape index (κ3) is 2.67. The standard InChI is InChI=1S/C16H12FN3O/c17-13-7-2-1-6-12(13)16-19-14(9-15(21)20-16)10-4-3-5-11(18)8-10/h1-9H,18H2,(H,19,20,21). The van der Waals surface area contributed by atoms with Gasteiger partial charge in [-0.1, -0.05) is 24.3 Å². The lowest BCUT2D eigenvalue weighted by molar-refractivity contribution is 0.630. The number of aromatic nitrogens is 2. The average Bonchev–Trinajstić information content (AvgIpc) is 2.47. The van der Waals surface area contributed by atoms with Gasteiger partial charge in [0.15, 0.2) is 0 Å². The number of nitrogen functional groups attached to an aromatic ring is 1. The number of nitrogens with two attached hydrogens (primary N) is 1. The first-order valence-corrected chi connectivity index (χ1v) is 6.36. The van der Waals surface area contributed by atoms with E-state index in [0.717, 1.165) is 0 Å². The quantitative estimate of drug-likeness (QED) is 0.709. The van der Waals surface area contributed by atoms with E-state index < -0.39 is 5.82 Å². The van der Waals surface area contributed by atoms with Crippen molar-refractivity contribution in [2.24, 2.45) is 0 Å². The number of anilines is 1. The number of aromatic amines is 1. The maximum absolute atomic E-state index is 13.8. The molecule has 0 radical (unpaired) electrons. The van der Waals surface area contributed by atoms with E-state index in [1.165, 1.54) is 12.1 Å². The minimum atomic E-state index is -0.439. The fourth-order valence-corrected chi connectivity index (χ4v) is 2.08.